The van der Waals surface area contributed by atoms with E-state index in [0.29, 0.717) is 12.5 Å². The SMILES string of the molecule is CN(Cc1ccc(F)cc1)S(=O)(=O)CCC1CCCCN1. The van der Waals surface area contributed by atoms with Gasteiger partial charge in [0.2, 0.25) is 10.0 Å². The van der Waals surface area contributed by atoms with Crippen molar-refractivity contribution >= 4 is 10.0 Å². The number of rotatable bonds is 6. The summed E-state index contributed by atoms with van der Waals surface area (Å²) >= 11 is 0. The molecule has 118 valence electrons. The van der Waals surface area contributed by atoms with Gasteiger partial charge in [-0.3, -0.25) is 0 Å². The molecular formula is C15H23FN2O2S. The lowest BCUT2D eigenvalue weighted by molar-refractivity contribution is 0.388. The van der Waals surface area contributed by atoms with Gasteiger partial charge in [0.1, 0.15) is 5.82 Å². The molecule has 4 nitrogen and oxygen atoms in total. The summed E-state index contributed by atoms with van der Waals surface area (Å²) in [5.41, 5.74) is 0.790. The molecule has 1 atom stereocenters. The van der Waals surface area contributed by atoms with E-state index in [1.165, 1.54) is 29.3 Å². The summed E-state index contributed by atoms with van der Waals surface area (Å²) in [7, 11) is -1.69. The predicted octanol–water partition coefficient (Wildman–Crippen LogP) is 2.12. The highest BCUT2D eigenvalue weighted by Gasteiger charge is 2.21. The second-order valence-electron chi connectivity index (χ2n) is 5.63. The van der Waals surface area contributed by atoms with Gasteiger partial charge in [-0.15, -0.1) is 0 Å². The number of hydrogen-bond donors (Lipinski definition) is 1. The molecule has 1 fully saturated rings. The Kier molecular flexibility index (Phi) is 5.72. The first-order chi connectivity index (χ1) is 9.97. The van der Waals surface area contributed by atoms with Gasteiger partial charge in [-0.05, 0) is 43.5 Å². The largest absolute Gasteiger partial charge is 0.314 e. The van der Waals surface area contributed by atoms with Crippen LogP contribution in [0.4, 0.5) is 4.39 Å². The summed E-state index contributed by atoms with van der Waals surface area (Å²) in [6, 6.07) is 6.24. The Hall–Kier alpha value is -0.980. The molecule has 1 heterocycles. The van der Waals surface area contributed by atoms with Crippen LogP contribution in [0, 0.1) is 5.82 Å². The molecule has 0 bridgehead atoms. The first-order valence-corrected chi connectivity index (χ1v) is 9.00. The van der Waals surface area contributed by atoms with Crippen molar-refractivity contribution in [2.24, 2.45) is 0 Å². The zero-order chi connectivity index (χ0) is 15.3. The quantitative estimate of drug-likeness (QED) is 0.875. The fraction of sp³-hybridized carbons (Fsp3) is 0.600. The number of nitrogens with zero attached hydrogens (tertiary/aromatic N) is 1. The number of halogens is 1. The molecule has 0 aliphatic carbocycles. The second kappa shape index (κ2) is 7.33. The third kappa shape index (κ3) is 5.05. The highest BCUT2D eigenvalue weighted by atomic mass is 32.2. The van der Waals surface area contributed by atoms with Crippen LogP contribution in [-0.4, -0.2) is 38.1 Å². The summed E-state index contributed by atoms with van der Waals surface area (Å²) < 4.78 is 38.7. The molecule has 6 heteroatoms. The highest BCUT2D eigenvalue weighted by Crippen LogP contribution is 2.14. The normalized spacial score (nSPS) is 19.9. The smallest absolute Gasteiger partial charge is 0.214 e. The molecule has 0 radical (unpaired) electrons. The minimum Gasteiger partial charge on any atom is -0.314 e. The first-order valence-electron chi connectivity index (χ1n) is 7.39. The lowest BCUT2D eigenvalue weighted by atomic mass is 10.0. The topological polar surface area (TPSA) is 49.4 Å². The minimum absolute atomic E-state index is 0.155. The second-order valence-corrected chi connectivity index (χ2v) is 7.83. The van der Waals surface area contributed by atoms with Crippen molar-refractivity contribution in [3.05, 3.63) is 35.6 Å². The minimum atomic E-state index is -3.27. The maximum Gasteiger partial charge on any atom is 0.214 e. The summed E-state index contributed by atoms with van der Waals surface area (Å²) in [6.45, 7) is 1.26. The maximum atomic E-state index is 12.8. The van der Waals surface area contributed by atoms with Crippen molar-refractivity contribution in [2.75, 3.05) is 19.3 Å². The molecule has 1 N–H and O–H groups in total. The summed E-state index contributed by atoms with van der Waals surface area (Å²) in [4.78, 5) is 0. The van der Waals surface area contributed by atoms with E-state index in [1.807, 2.05) is 0 Å². The zero-order valence-electron chi connectivity index (χ0n) is 12.4. The Balaban J connectivity index is 1.87. The summed E-state index contributed by atoms with van der Waals surface area (Å²) in [5.74, 6) is -0.157. The summed E-state index contributed by atoms with van der Waals surface area (Å²) in [5, 5.41) is 3.36. The first kappa shape index (κ1) is 16.4. The van der Waals surface area contributed by atoms with E-state index in [0.717, 1.165) is 18.5 Å². The molecule has 2 rings (SSSR count). The fourth-order valence-corrected chi connectivity index (χ4v) is 3.80. The van der Waals surface area contributed by atoms with Gasteiger partial charge < -0.3 is 5.32 Å². The van der Waals surface area contributed by atoms with Crippen LogP contribution in [0.1, 0.15) is 31.2 Å². The molecule has 1 aromatic rings. The molecule has 0 amide bonds. The van der Waals surface area contributed by atoms with Crippen LogP contribution in [-0.2, 0) is 16.6 Å². The molecule has 0 spiro atoms. The van der Waals surface area contributed by atoms with Gasteiger partial charge in [0.25, 0.3) is 0 Å². The van der Waals surface area contributed by atoms with Gasteiger partial charge in [0.15, 0.2) is 0 Å². The lowest BCUT2D eigenvalue weighted by Crippen LogP contribution is -2.37. The van der Waals surface area contributed by atoms with Crippen LogP contribution in [0.2, 0.25) is 0 Å². The molecule has 1 saturated heterocycles. The van der Waals surface area contributed by atoms with E-state index < -0.39 is 10.0 Å². The zero-order valence-corrected chi connectivity index (χ0v) is 13.2. The highest BCUT2D eigenvalue weighted by molar-refractivity contribution is 7.89. The molecular weight excluding hydrogens is 291 g/mol. The van der Waals surface area contributed by atoms with Crippen molar-refractivity contribution in [3.8, 4) is 0 Å². The molecule has 1 aliphatic heterocycles. The predicted molar refractivity (Wildman–Crippen MR) is 81.9 cm³/mol. The Morgan fingerprint density at radius 3 is 2.62 bits per heavy atom. The van der Waals surface area contributed by atoms with Crippen LogP contribution >= 0.6 is 0 Å². The Morgan fingerprint density at radius 2 is 2.00 bits per heavy atom. The van der Waals surface area contributed by atoms with Gasteiger partial charge in [-0.25, -0.2) is 17.1 Å². The maximum absolute atomic E-state index is 12.8. The lowest BCUT2D eigenvalue weighted by Gasteiger charge is -2.24. The van der Waals surface area contributed by atoms with Crippen LogP contribution in [0.3, 0.4) is 0 Å². The number of benzene rings is 1. The Bertz CT molecular complexity index is 539. The van der Waals surface area contributed by atoms with Gasteiger partial charge in [-0.1, -0.05) is 18.6 Å². The van der Waals surface area contributed by atoms with Crippen LogP contribution < -0.4 is 5.32 Å². The monoisotopic (exact) mass is 314 g/mol. The molecule has 1 unspecified atom stereocenters. The average molecular weight is 314 g/mol. The average Bonchev–Trinajstić information content (AvgIpc) is 2.48. The van der Waals surface area contributed by atoms with Crippen molar-refractivity contribution in [3.63, 3.8) is 0 Å². The summed E-state index contributed by atoms with van der Waals surface area (Å²) in [6.07, 6.45) is 4.05. The number of hydrogen-bond acceptors (Lipinski definition) is 3. The van der Waals surface area contributed by atoms with E-state index in [4.69, 9.17) is 0 Å². The fourth-order valence-electron chi connectivity index (χ4n) is 2.56. The van der Waals surface area contributed by atoms with Gasteiger partial charge in [0.05, 0.1) is 5.75 Å². The third-order valence-corrected chi connectivity index (χ3v) is 5.76. The van der Waals surface area contributed by atoms with E-state index in [1.54, 1.807) is 19.2 Å². The van der Waals surface area contributed by atoms with E-state index >= 15 is 0 Å². The Morgan fingerprint density at radius 1 is 1.29 bits per heavy atom. The standard InChI is InChI=1S/C15H23FN2O2S/c1-18(12-13-5-7-14(16)8-6-13)21(19,20)11-9-15-4-2-3-10-17-15/h5-8,15,17H,2-4,9-12H2,1H3. The van der Waals surface area contributed by atoms with E-state index in [-0.39, 0.29) is 18.1 Å². The van der Waals surface area contributed by atoms with Crippen molar-refractivity contribution in [2.45, 2.75) is 38.3 Å². The third-order valence-electron chi connectivity index (χ3n) is 3.93. The van der Waals surface area contributed by atoms with Crippen LogP contribution in [0.5, 0.6) is 0 Å². The Labute approximate surface area is 126 Å². The number of sulfonamides is 1. The van der Waals surface area contributed by atoms with E-state index in [9.17, 15) is 12.8 Å². The molecule has 0 saturated carbocycles. The van der Waals surface area contributed by atoms with Gasteiger partial charge in [-0.2, -0.15) is 0 Å². The molecule has 0 aromatic heterocycles. The van der Waals surface area contributed by atoms with E-state index in [2.05, 4.69) is 5.32 Å². The van der Waals surface area contributed by atoms with Crippen molar-refractivity contribution < 1.29 is 12.8 Å². The number of piperidine rings is 1. The molecule has 1 aromatic carbocycles. The van der Waals surface area contributed by atoms with Crippen LogP contribution in [0.25, 0.3) is 0 Å². The van der Waals surface area contributed by atoms with Crippen LogP contribution in [0.15, 0.2) is 24.3 Å². The van der Waals surface area contributed by atoms with Crippen molar-refractivity contribution in [1.29, 1.82) is 0 Å². The number of nitrogens with one attached hydrogen (secondary N) is 1. The molecule has 21 heavy (non-hydrogen) atoms. The van der Waals surface area contributed by atoms with Gasteiger partial charge >= 0.3 is 0 Å². The van der Waals surface area contributed by atoms with Gasteiger partial charge in [0, 0.05) is 19.6 Å². The molecule has 1 aliphatic rings. The van der Waals surface area contributed by atoms with Crippen molar-refractivity contribution in [1.82, 2.24) is 9.62 Å².